The van der Waals surface area contributed by atoms with Gasteiger partial charge in [-0.25, -0.2) is 0 Å². The number of ether oxygens (including phenoxy) is 2. The Hall–Kier alpha value is -0.900. The Morgan fingerprint density at radius 3 is 2.56 bits per heavy atom. The third kappa shape index (κ3) is 2.43. The number of hydrogen-bond donors (Lipinski definition) is 1. The van der Waals surface area contributed by atoms with Crippen molar-refractivity contribution in [2.45, 2.75) is 31.1 Å². The second kappa shape index (κ2) is 4.17. The third-order valence-electron chi connectivity index (χ3n) is 3.22. The summed E-state index contributed by atoms with van der Waals surface area (Å²) in [5.41, 5.74) is 8.80. The van der Waals surface area contributed by atoms with Crippen LogP contribution in [-0.4, -0.2) is 25.4 Å². The van der Waals surface area contributed by atoms with E-state index < -0.39 is 0 Å². The smallest absolute Gasteiger partial charge is 0.0850 e. The summed E-state index contributed by atoms with van der Waals surface area (Å²) in [6.07, 6.45) is 2.74. The first-order valence-corrected chi connectivity index (χ1v) is 5.89. The van der Waals surface area contributed by atoms with Gasteiger partial charge in [0.15, 0.2) is 0 Å². The number of hydrogen-bond acceptors (Lipinski definition) is 3. The van der Waals surface area contributed by atoms with Crippen LogP contribution in [0.15, 0.2) is 24.3 Å². The van der Waals surface area contributed by atoms with Gasteiger partial charge in [0.1, 0.15) is 0 Å². The van der Waals surface area contributed by atoms with Crippen LogP contribution in [0.2, 0.25) is 0 Å². The summed E-state index contributed by atoms with van der Waals surface area (Å²) in [6, 6.07) is 8.51. The molecule has 2 heterocycles. The van der Waals surface area contributed by atoms with Crippen molar-refractivity contribution >= 4 is 0 Å². The first-order valence-electron chi connectivity index (χ1n) is 5.89. The molecule has 0 saturated carbocycles. The SMILES string of the molecule is NC(CC1CO1)c1ccccc1CC1CO1. The summed E-state index contributed by atoms with van der Waals surface area (Å²) >= 11 is 0. The van der Waals surface area contributed by atoms with Crippen LogP contribution in [0, 0.1) is 0 Å². The number of benzene rings is 1. The molecule has 2 aliphatic heterocycles. The molecule has 3 rings (SSSR count). The van der Waals surface area contributed by atoms with Crippen LogP contribution in [-0.2, 0) is 15.9 Å². The molecule has 3 atom stereocenters. The first-order chi connectivity index (χ1) is 7.83. The Morgan fingerprint density at radius 1 is 1.19 bits per heavy atom. The Labute approximate surface area is 95.5 Å². The van der Waals surface area contributed by atoms with Crippen LogP contribution in [0.3, 0.4) is 0 Å². The molecule has 3 nitrogen and oxygen atoms in total. The van der Waals surface area contributed by atoms with E-state index >= 15 is 0 Å². The van der Waals surface area contributed by atoms with Gasteiger partial charge in [0, 0.05) is 12.5 Å². The summed E-state index contributed by atoms with van der Waals surface area (Å²) in [7, 11) is 0. The van der Waals surface area contributed by atoms with Gasteiger partial charge in [0.05, 0.1) is 25.4 Å². The van der Waals surface area contributed by atoms with E-state index in [0.29, 0.717) is 12.2 Å². The topological polar surface area (TPSA) is 51.1 Å². The number of epoxide rings is 2. The molecule has 16 heavy (non-hydrogen) atoms. The molecule has 0 spiro atoms. The Morgan fingerprint density at radius 2 is 1.88 bits per heavy atom. The lowest BCUT2D eigenvalue weighted by atomic mass is 9.95. The lowest BCUT2D eigenvalue weighted by Crippen LogP contribution is -2.15. The van der Waals surface area contributed by atoms with E-state index in [1.54, 1.807) is 0 Å². The molecular weight excluding hydrogens is 202 g/mol. The Kier molecular flexibility index (Phi) is 2.67. The predicted molar refractivity (Wildman–Crippen MR) is 61.2 cm³/mol. The highest BCUT2D eigenvalue weighted by atomic mass is 16.6. The van der Waals surface area contributed by atoms with Crippen molar-refractivity contribution in [2.75, 3.05) is 13.2 Å². The fourth-order valence-electron chi connectivity index (χ4n) is 2.13. The van der Waals surface area contributed by atoms with E-state index in [-0.39, 0.29) is 6.04 Å². The monoisotopic (exact) mass is 219 g/mol. The van der Waals surface area contributed by atoms with Crippen molar-refractivity contribution in [3.05, 3.63) is 35.4 Å². The van der Waals surface area contributed by atoms with Crippen LogP contribution in [0.1, 0.15) is 23.6 Å². The molecule has 86 valence electrons. The van der Waals surface area contributed by atoms with Crippen LogP contribution < -0.4 is 5.73 Å². The molecule has 2 N–H and O–H groups in total. The third-order valence-corrected chi connectivity index (χ3v) is 3.22. The van der Waals surface area contributed by atoms with Gasteiger partial charge in [-0.05, 0) is 17.5 Å². The summed E-state index contributed by atoms with van der Waals surface area (Å²) in [5, 5.41) is 0. The molecule has 3 unspecified atom stereocenters. The van der Waals surface area contributed by atoms with Gasteiger partial charge in [-0.1, -0.05) is 24.3 Å². The molecule has 1 aromatic rings. The second-order valence-corrected chi connectivity index (χ2v) is 4.66. The second-order valence-electron chi connectivity index (χ2n) is 4.66. The van der Waals surface area contributed by atoms with E-state index in [1.807, 2.05) is 0 Å². The van der Waals surface area contributed by atoms with Gasteiger partial charge in [-0.15, -0.1) is 0 Å². The largest absolute Gasteiger partial charge is 0.373 e. The molecule has 3 heteroatoms. The summed E-state index contributed by atoms with van der Waals surface area (Å²) in [6.45, 7) is 1.77. The fraction of sp³-hybridized carbons (Fsp3) is 0.538. The maximum Gasteiger partial charge on any atom is 0.0850 e. The number of nitrogens with two attached hydrogens (primary N) is 1. The van der Waals surface area contributed by atoms with Crippen molar-refractivity contribution in [2.24, 2.45) is 5.73 Å². The standard InChI is InChI=1S/C13H17NO2/c14-13(6-11-8-16-11)12-4-2-1-3-9(12)5-10-7-15-10/h1-4,10-11,13H,5-8,14H2. The van der Waals surface area contributed by atoms with Gasteiger partial charge in [-0.2, -0.15) is 0 Å². The maximum atomic E-state index is 6.21. The van der Waals surface area contributed by atoms with Crippen LogP contribution in [0.25, 0.3) is 0 Å². The Balaban J connectivity index is 1.74. The average molecular weight is 219 g/mol. The molecule has 2 saturated heterocycles. The maximum absolute atomic E-state index is 6.21. The molecule has 0 aromatic heterocycles. The molecule has 2 aliphatic rings. The van der Waals surface area contributed by atoms with Crippen molar-refractivity contribution in [3.63, 3.8) is 0 Å². The normalized spacial score (nSPS) is 28.8. The van der Waals surface area contributed by atoms with Crippen molar-refractivity contribution in [1.29, 1.82) is 0 Å². The van der Waals surface area contributed by atoms with Gasteiger partial charge in [-0.3, -0.25) is 0 Å². The predicted octanol–water partition coefficient (Wildman–Crippen LogP) is 1.42. The van der Waals surface area contributed by atoms with E-state index in [4.69, 9.17) is 15.2 Å². The molecule has 0 amide bonds. The van der Waals surface area contributed by atoms with Gasteiger partial charge >= 0.3 is 0 Å². The van der Waals surface area contributed by atoms with E-state index in [9.17, 15) is 0 Å². The quantitative estimate of drug-likeness (QED) is 0.762. The molecule has 0 bridgehead atoms. The zero-order valence-electron chi connectivity index (χ0n) is 9.26. The van der Waals surface area contributed by atoms with E-state index in [0.717, 1.165) is 26.1 Å². The van der Waals surface area contributed by atoms with Crippen molar-refractivity contribution in [1.82, 2.24) is 0 Å². The van der Waals surface area contributed by atoms with Crippen LogP contribution in [0.4, 0.5) is 0 Å². The minimum Gasteiger partial charge on any atom is -0.373 e. The molecular formula is C13H17NO2. The molecule has 1 aromatic carbocycles. The van der Waals surface area contributed by atoms with Crippen LogP contribution in [0.5, 0.6) is 0 Å². The number of rotatable bonds is 5. The van der Waals surface area contributed by atoms with Crippen molar-refractivity contribution in [3.8, 4) is 0 Å². The minimum absolute atomic E-state index is 0.0995. The summed E-state index contributed by atoms with van der Waals surface area (Å²) in [5.74, 6) is 0. The van der Waals surface area contributed by atoms with Crippen molar-refractivity contribution < 1.29 is 9.47 Å². The highest BCUT2D eigenvalue weighted by Crippen LogP contribution is 2.28. The highest BCUT2D eigenvalue weighted by molar-refractivity contribution is 5.31. The fourth-order valence-corrected chi connectivity index (χ4v) is 2.13. The lowest BCUT2D eigenvalue weighted by Gasteiger charge is -2.15. The zero-order valence-corrected chi connectivity index (χ0v) is 9.26. The minimum atomic E-state index is 0.0995. The van der Waals surface area contributed by atoms with Gasteiger partial charge < -0.3 is 15.2 Å². The van der Waals surface area contributed by atoms with E-state index in [2.05, 4.69) is 24.3 Å². The van der Waals surface area contributed by atoms with Gasteiger partial charge in [0.2, 0.25) is 0 Å². The molecule has 2 fully saturated rings. The van der Waals surface area contributed by atoms with Gasteiger partial charge in [0.25, 0.3) is 0 Å². The molecule has 0 aliphatic carbocycles. The Bertz CT molecular complexity index is 372. The summed E-state index contributed by atoms with van der Waals surface area (Å²) in [4.78, 5) is 0. The zero-order chi connectivity index (χ0) is 11.0. The van der Waals surface area contributed by atoms with E-state index in [1.165, 1.54) is 11.1 Å². The van der Waals surface area contributed by atoms with Crippen LogP contribution >= 0.6 is 0 Å². The average Bonchev–Trinajstić information content (AvgIpc) is 3.14. The first kappa shape index (κ1) is 10.3. The highest BCUT2D eigenvalue weighted by Gasteiger charge is 2.28. The lowest BCUT2D eigenvalue weighted by molar-refractivity contribution is 0.380. The molecule has 0 radical (unpaired) electrons. The summed E-state index contributed by atoms with van der Waals surface area (Å²) < 4.78 is 10.5.